The summed E-state index contributed by atoms with van der Waals surface area (Å²) in [5.74, 6) is -1.26. The number of carboxylic acids is 1. The fourth-order valence-electron chi connectivity index (χ4n) is 2.24. The van der Waals surface area contributed by atoms with Crippen LogP contribution in [0.2, 0.25) is 0 Å². The van der Waals surface area contributed by atoms with Crippen LogP contribution in [-0.2, 0) is 4.79 Å². The Morgan fingerprint density at radius 3 is 2.73 bits per heavy atom. The molecule has 1 atom stereocenters. The largest absolute Gasteiger partial charge is 0.480 e. The summed E-state index contributed by atoms with van der Waals surface area (Å²) in [5.41, 5.74) is 0.704. The molecule has 0 spiro atoms. The zero-order valence-electron chi connectivity index (χ0n) is 12.0. The normalized spacial score (nSPS) is 15.3. The van der Waals surface area contributed by atoms with Crippen LogP contribution >= 0.6 is 11.3 Å². The van der Waals surface area contributed by atoms with Crippen molar-refractivity contribution < 1.29 is 14.7 Å². The van der Waals surface area contributed by atoms with E-state index in [9.17, 15) is 14.7 Å². The average molecular weight is 317 g/mol. The standard InChI is InChI=1S/C15H15N3O3S/c1-9(15(20)21)18(10-5-6-10)14(19)12-8-17-13(22-12)11-4-2-3-7-16-11/h2-4,7-10H,5-6H2,1H3,(H,20,21). The van der Waals surface area contributed by atoms with E-state index >= 15 is 0 Å². The zero-order chi connectivity index (χ0) is 15.7. The molecular weight excluding hydrogens is 302 g/mol. The quantitative estimate of drug-likeness (QED) is 0.914. The Balaban J connectivity index is 1.85. The van der Waals surface area contributed by atoms with Crippen molar-refractivity contribution in [2.75, 3.05) is 0 Å². The SMILES string of the molecule is CC(C(=O)O)N(C(=O)c1cnc(-c2ccccn2)s1)C1CC1. The Bertz CT molecular complexity index is 697. The summed E-state index contributed by atoms with van der Waals surface area (Å²) in [6.07, 6.45) is 4.88. The third-order valence-corrected chi connectivity index (χ3v) is 4.56. The second-order valence-electron chi connectivity index (χ2n) is 5.20. The number of nitrogens with zero attached hydrogens (tertiary/aromatic N) is 3. The molecule has 1 saturated carbocycles. The zero-order valence-corrected chi connectivity index (χ0v) is 12.8. The molecule has 0 saturated heterocycles. The third-order valence-electron chi connectivity index (χ3n) is 3.55. The molecule has 114 valence electrons. The van der Waals surface area contributed by atoms with Gasteiger partial charge in [-0.15, -0.1) is 11.3 Å². The van der Waals surface area contributed by atoms with Crippen LogP contribution in [-0.4, -0.2) is 43.9 Å². The Morgan fingerprint density at radius 2 is 2.14 bits per heavy atom. The second kappa shape index (κ2) is 5.84. The molecule has 1 fully saturated rings. The predicted octanol–water partition coefficient (Wildman–Crippen LogP) is 2.28. The molecule has 1 unspecified atom stereocenters. The highest BCUT2D eigenvalue weighted by molar-refractivity contribution is 7.16. The number of hydrogen-bond donors (Lipinski definition) is 1. The topological polar surface area (TPSA) is 83.4 Å². The monoisotopic (exact) mass is 317 g/mol. The van der Waals surface area contributed by atoms with E-state index in [1.165, 1.54) is 22.4 Å². The minimum Gasteiger partial charge on any atom is -0.480 e. The molecule has 3 rings (SSSR count). The van der Waals surface area contributed by atoms with Gasteiger partial charge in [0.25, 0.3) is 5.91 Å². The van der Waals surface area contributed by atoms with Gasteiger partial charge in [-0.2, -0.15) is 0 Å². The molecule has 0 aromatic carbocycles. The number of carboxylic acid groups (broad SMARTS) is 1. The summed E-state index contributed by atoms with van der Waals surface area (Å²) in [4.78, 5) is 34.2. The van der Waals surface area contributed by atoms with E-state index in [0.29, 0.717) is 15.6 Å². The molecule has 1 aliphatic rings. The molecule has 1 N–H and O–H groups in total. The van der Waals surface area contributed by atoms with Crippen LogP contribution in [0.4, 0.5) is 0 Å². The van der Waals surface area contributed by atoms with Gasteiger partial charge in [0.05, 0.1) is 11.9 Å². The van der Waals surface area contributed by atoms with Crippen LogP contribution in [0.1, 0.15) is 29.4 Å². The van der Waals surface area contributed by atoms with E-state index in [-0.39, 0.29) is 11.9 Å². The Morgan fingerprint density at radius 1 is 1.36 bits per heavy atom. The van der Waals surface area contributed by atoms with Crippen molar-refractivity contribution >= 4 is 23.2 Å². The lowest BCUT2D eigenvalue weighted by atomic mass is 10.2. The molecule has 2 aromatic heterocycles. The third kappa shape index (κ3) is 2.85. The predicted molar refractivity (Wildman–Crippen MR) is 81.6 cm³/mol. The minimum atomic E-state index is -0.991. The highest BCUT2D eigenvalue weighted by atomic mass is 32.1. The van der Waals surface area contributed by atoms with Gasteiger partial charge in [-0.05, 0) is 31.9 Å². The minimum absolute atomic E-state index is 0.0269. The van der Waals surface area contributed by atoms with Crippen LogP contribution in [0, 0.1) is 0 Å². The fourth-order valence-corrected chi connectivity index (χ4v) is 3.07. The first-order valence-electron chi connectivity index (χ1n) is 7.00. The Hall–Kier alpha value is -2.28. The average Bonchev–Trinajstić information content (AvgIpc) is 3.23. The summed E-state index contributed by atoms with van der Waals surface area (Å²) in [6.45, 7) is 1.54. The fraction of sp³-hybridized carbons (Fsp3) is 0.333. The number of aliphatic carboxylic acids is 1. The van der Waals surface area contributed by atoms with Gasteiger partial charge in [-0.3, -0.25) is 9.78 Å². The lowest BCUT2D eigenvalue weighted by Crippen LogP contribution is -2.44. The number of pyridine rings is 1. The molecule has 0 aliphatic heterocycles. The molecule has 6 nitrogen and oxygen atoms in total. The number of carbonyl (C=O) groups excluding carboxylic acids is 1. The van der Waals surface area contributed by atoms with E-state index in [1.807, 2.05) is 18.2 Å². The van der Waals surface area contributed by atoms with Gasteiger partial charge in [0.1, 0.15) is 15.9 Å². The van der Waals surface area contributed by atoms with E-state index in [4.69, 9.17) is 0 Å². The maximum Gasteiger partial charge on any atom is 0.326 e. The molecule has 1 aliphatic carbocycles. The van der Waals surface area contributed by atoms with Crippen LogP contribution in [0.5, 0.6) is 0 Å². The molecule has 0 radical (unpaired) electrons. The Labute approximate surface area is 131 Å². The van der Waals surface area contributed by atoms with Crippen LogP contribution < -0.4 is 0 Å². The lowest BCUT2D eigenvalue weighted by Gasteiger charge is -2.25. The van der Waals surface area contributed by atoms with Gasteiger partial charge in [0.2, 0.25) is 0 Å². The van der Waals surface area contributed by atoms with E-state index < -0.39 is 12.0 Å². The summed E-state index contributed by atoms with van der Waals surface area (Å²) in [6, 6.07) is 4.69. The van der Waals surface area contributed by atoms with Crippen molar-refractivity contribution in [1.82, 2.24) is 14.9 Å². The Kier molecular flexibility index (Phi) is 3.89. The van der Waals surface area contributed by atoms with Crippen LogP contribution in [0.3, 0.4) is 0 Å². The molecular formula is C15H15N3O3S. The number of rotatable bonds is 5. The van der Waals surface area contributed by atoms with Crippen molar-refractivity contribution in [3.8, 4) is 10.7 Å². The first-order chi connectivity index (χ1) is 10.6. The maximum atomic E-state index is 12.6. The van der Waals surface area contributed by atoms with Gasteiger partial charge in [-0.25, -0.2) is 9.78 Å². The molecule has 1 amide bonds. The summed E-state index contributed by atoms with van der Waals surface area (Å²) in [7, 11) is 0. The highest BCUT2D eigenvalue weighted by Crippen LogP contribution is 2.32. The molecule has 0 bridgehead atoms. The summed E-state index contributed by atoms with van der Waals surface area (Å²) in [5, 5.41) is 9.85. The molecule has 2 heterocycles. The van der Waals surface area contributed by atoms with Crippen LogP contribution in [0.15, 0.2) is 30.6 Å². The maximum absolute atomic E-state index is 12.6. The van der Waals surface area contributed by atoms with Gasteiger partial charge in [-0.1, -0.05) is 6.07 Å². The van der Waals surface area contributed by atoms with Crippen LogP contribution in [0.25, 0.3) is 10.7 Å². The molecule has 22 heavy (non-hydrogen) atoms. The second-order valence-corrected chi connectivity index (χ2v) is 6.23. The van der Waals surface area contributed by atoms with Gasteiger partial charge >= 0.3 is 5.97 Å². The first kappa shape index (κ1) is 14.6. The number of amides is 1. The lowest BCUT2D eigenvalue weighted by molar-refractivity contribution is -0.141. The number of thiazole rings is 1. The highest BCUT2D eigenvalue weighted by Gasteiger charge is 2.39. The van der Waals surface area contributed by atoms with E-state index in [1.54, 1.807) is 13.1 Å². The first-order valence-corrected chi connectivity index (χ1v) is 7.82. The van der Waals surface area contributed by atoms with Crippen molar-refractivity contribution in [3.63, 3.8) is 0 Å². The summed E-state index contributed by atoms with van der Waals surface area (Å²) < 4.78 is 0. The van der Waals surface area contributed by atoms with Crippen molar-refractivity contribution in [1.29, 1.82) is 0 Å². The van der Waals surface area contributed by atoms with Gasteiger partial charge in [0.15, 0.2) is 0 Å². The number of aromatic nitrogens is 2. The smallest absolute Gasteiger partial charge is 0.326 e. The van der Waals surface area contributed by atoms with E-state index in [2.05, 4.69) is 9.97 Å². The van der Waals surface area contributed by atoms with E-state index in [0.717, 1.165) is 12.8 Å². The molecule has 7 heteroatoms. The van der Waals surface area contributed by atoms with Gasteiger partial charge < -0.3 is 10.0 Å². The van der Waals surface area contributed by atoms with Crippen molar-refractivity contribution in [2.45, 2.75) is 31.8 Å². The number of hydrogen-bond acceptors (Lipinski definition) is 5. The van der Waals surface area contributed by atoms with Crippen molar-refractivity contribution in [2.24, 2.45) is 0 Å². The van der Waals surface area contributed by atoms with Crippen molar-refractivity contribution in [3.05, 3.63) is 35.5 Å². The number of carbonyl (C=O) groups is 2. The molecule has 2 aromatic rings. The summed E-state index contributed by atoms with van der Waals surface area (Å²) >= 11 is 1.24. The van der Waals surface area contributed by atoms with Gasteiger partial charge in [0, 0.05) is 12.2 Å².